The van der Waals surface area contributed by atoms with Gasteiger partial charge in [0.2, 0.25) is 15.8 Å². The number of benzene rings is 4. The first-order valence-corrected chi connectivity index (χ1v) is 19.8. The number of aromatic hydroxyl groups is 1. The Balaban J connectivity index is 1.59. The maximum Gasteiger partial charge on any atom is 0.324 e. The van der Waals surface area contributed by atoms with Crippen LogP contribution in [-0.4, -0.2) is 60.5 Å². The van der Waals surface area contributed by atoms with E-state index in [1.807, 2.05) is 5.25 Å². The van der Waals surface area contributed by atoms with Crippen molar-refractivity contribution in [2.45, 2.75) is 41.6 Å². The van der Waals surface area contributed by atoms with Gasteiger partial charge in [-0.3, -0.25) is 9.11 Å². The number of phenols is 1. The highest BCUT2D eigenvalue weighted by Crippen LogP contribution is 2.47. The molecule has 1 heterocycles. The summed E-state index contributed by atoms with van der Waals surface area (Å²) in [5, 5.41) is 33.1. The van der Waals surface area contributed by atoms with Gasteiger partial charge >= 0.3 is 12.1 Å². The van der Waals surface area contributed by atoms with Gasteiger partial charge in [0.15, 0.2) is 5.75 Å². The molecular weight excluding hydrogens is 809 g/mol. The minimum Gasteiger partial charge on any atom is -0.505 e. The molecule has 0 radical (unpaired) electrons. The Bertz CT molecular complexity index is 2830. The first-order valence-electron chi connectivity index (χ1n) is 15.0. The molecule has 286 valence electrons. The second-order valence-corrected chi connectivity index (χ2v) is 16.0. The highest BCUT2D eigenvalue weighted by molar-refractivity contribution is 7.96. The number of aromatic nitrogens is 3. The van der Waals surface area contributed by atoms with Crippen molar-refractivity contribution < 1.29 is 48.6 Å². The van der Waals surface area contributed by atoms with E-state index in [1.54, 1.807) is 19.2 Å². The number of nitrogens with two attached hydrogens (primary N) is 1. The van der Waals surface area contributed by atoms with Crippen LogP contribution in [0.4, 0.5) is 44.5 Å². The summed E-state index contributed by atoms with van der Waals surface area (Å²) in [6.07, 6.45) is -1.59. The lowest BCUT2D eigenvalue weighted by Gasteiger charge is -2.14. The number of halogens is 2. The van der Waals surface area contributed by atoms with Crippen molar-refractivity contribution in [1.82, 2.24) is 15.0 Å². The number of ether oxygens (including phenoxy) is 1. The van der Waals surface area contributed by atoms with E-state index in [1.165, 1.54) is 31.2 Å². The summed E-state index contributed by atoms with van der Waals surface area (Å²) < 4.78 is 113. The molecule has 19 nitrogen and oxygen atoms in total. The number of azo groups is 2. The van der Waals surface area contributed by atoms with Gasteiger partial charge in [-0.05, 0) is 97.9 Å². The fraction of sp³-hybridized carbons (Fsp3) is 0.129. The number of nitrogen functional groups attached to an aromatic ring is 1. The number of phenolic OH excluding ortho intramolecular Hbond substituents is 1. The maximum atomic E-state index is 14.1. The number of rotatable bonds is 11. The Morgan fingerprint density at radius 1 is 0.873 bits per heavy atom. The van der Waals surface area contributed by atoms with Gasteiger partial charge in [-0.15, -0.1) is 20.3 Å². The van der Waals surface area contributed by atoms with E-state index in [-0.39, 0.29) is 50.3 Å². The summed E-state index contributed by atoms with van der Waals surface area (Å²) in [5.41, 5.74) is 4.61. The molecule has 0 amide bonds. The van der Waals surface area contributed by atoms with Crippen LogP contribution in [0.5, 0.6) is 11.8 Å². The van der Waals surface area contributed by atoms with Crippen LogP contribution in [0.3, 0.4) is 0 Å². The van der Waals surface area contributed by atoms with E-state index in [0.717, 1.165) is 30.3 Å². The molecule has 0 aliphatic rings. The average molecular weight is 834 g/mol. The first kappa shape index (κ1) is 40.3. The predicted octanol–water partition coefficient (Wildman–Crippen LogP) is 6.55. The molecule has 1 aromatic heterocycles. The summed E-state index contributed by atoms with van der Waals surface area (Å²) in [4.78, 5) is 9.17. The van der Waals surface area contributed by atoms with Crippen molar-refractivity contribution in [3.05, 3.63) is 66.2 Å². The Hall–Kier alpha value is -5.90. The van der Waals surface area contributed by atoms with Crippen LogP contribution in [0.15, 0.2) is 89.7 Å². The maximum absolute atomic E-state index is 14.1. The van der Waals surface area contributed by atoms with Crippen molar-refractivity contribution in [2.75, 3.05) is 11.1 Å². The lowest BCUT2D eigenvalue weighted by molar-refractivity contribution is 0.217. The molecular formula is C31H25ClFN9O10S3. The first-order chi connectivity index (χ1) is 25.7. The second-order valence-electron chi connectivity index (χ2n) is 11.4. The van der Waals surface area contributed by atoms with Crippen LogP contribution >= 0.6 is 11.6 Å². The quantitative estimate of drug-likeness (QED) is 0.0408. The monoisotopic (exact) mass is 833 g/mol. The molecule has 24 heteroatoms. The molecule has 0 bridgehead atoms. The standard InChI is InChI=1S/C31H25ClFN9O10S3/c1-15(2)52-31-37-29(33)36-30(38-31)35-19-6-9-22(54(46,47)48)21(14-19)40-41-26-16(3)12-17-13-23(55(49,50)51)27(25(34)24(17)28(26)43)42-39-18-4-7-20(8-5-18)53(44,45)11-10-32/h4-9,12-15,43H,34H2,1-3H3,(H,46,47,48)(H,49,50,51)(H,35,36,37,38). The van der Waals surface area contributed by atoms with Crippen molar-refractivity contribution in [2.24, 2.45) is 20.5 Å². The van der Waals surface area contributed by atoms with Crippen molar-refractivity contribution in [3.8, 4) is 22.4 Å². The van der Waals surface area contributed by atoms with E-state index in [4.69, 9.17) is 22.1 Å². The molecule has 0 unspecified atom stereocenters. The van der Waals surface area contributed by atoms with Gasteiger partial charge in [0, 0.05) is 16.3 Å². The number of hydrogen-bond acceptors (Lipinski definition) is 17. The van der Waals surface area contributed by atoms with Gasteiger partial charge in [-0.2, -0.15) is 36.3 Å². The Morgan fingerprint density at radius 3 is 2.15 bits per heavy atom. The van der Waals surface area contributed by atoms with E-state index < -0.39 is 74.9 Å². The fourth-order valence-corrected chi connectivity index (χ4v) is 7.08. The van der Waals surface area contributed by atoms with Gasteiger partial charge in [0.25, 0.3) is 20.2 Å². The van der Waals surface area contributed by atoms with Crippen molar-refractivity contribution >= 4 is 92.5 Å². The number of hydrogen-bond donors (Lipinski definition) is 5. The predicted molar refractivity (Wildman–Crippen MR) is 195 cm³/mol. The van der Waals surface area contributed by atoms with Gasteiger partial charge in [0.1, 0.15) is 26.9 Å². The molecule has 0 fully saturated rings. The van der Waals surface area contributed by atoms with Crippen LogP contribution in [0.25, 0.3) is 10.8 Å². The zero-order valence-corrected chi connectivity index (χ0v) is 31.4. The third-order valence-electron chi connectivity index (χ3n) is 7.08. The minimum absolute atomic E-state index is 0.0109. The highest BCUT2D eigenvalue weighted by atomic mass is 35.5. The van der Waals surface area contributed by atoms with E-state index in [9.17, 15) is 43.9 Å². The zero-order chi connectivity index (χ0) is 40.5. The second kappa shape index (κ2) is 15.5. The molecule has 5 aromatic rings. The SMILES string of the molecule is Cc1cc2cc(S(=O)(=O)O)c(N=Nc3ccc(S(=O)(=O)C#CCl)cc3)c(N)c2c(O)c1N=Nc1cc(Nc2nc(F)nc(OC(C)C)n2)ccc1S(=O)(=O)O. The summed E-state index contributed by atoms with van der Waals surface area (Å²) in [7, 11) is -14.0. The molecule has 55 heavy (non-hydrogen) atoms. The topological polar surface area (TPSA) is 298 Å². The minimum atomic E-state index is -5.01. The number of nitrogens with zero attached hydrogens (tertiary/aromatic N) is 7. The Morgan fingerprint density at radius 2 is 1.53 bits per heavy atom. The lowest BCUT2D eigenvalue weighted by atomic mass is 10.0. The van der Waals surface area contributed by atoms with E-state index in [0.29, 0.717) is 0 Å². The van der Waals surface area contributed by atoms with Gasteiger partial charge in [0.05, 0.1) is 27.8 Å². The van der Waals surface area contributed by atoms with Crippen LogP contribution in [0.2, 0.25) is 0 Å². The summed E-state index contributed by atoms with van der Waals surface area (Å²) in [5.74, 6) is -1.02. The van der Waals surface area contributed by atoms with Crippen molar-refractivity contribution in [3.63, 3.8) is 0 Å². The number of nitrogens with one attached hydrogen (secondary N) is 1. The van der Waals surface area contributed by atoms with Gasteiger partial charge < -0.3 is 20.9 Å². The smallest absolute Gasteiger partial charge is 0.324 e. The summed E-state index contributed by atoms with van der Waals surface area (Å²) in [6, 6.07) is 9.85. The summed E-state index contributed by atoms with van der Waals surface area (Å²) >= 11 is 5.20. The van der Waals surface area contributed by atoms with Crippen LogP contribution < -0.4 is 15.8 Å². The Labute approximate surface area is 316 Å². The van der Waals surface area contributed by atoms with Gasteiger partial charge in [-0.25, -0.2) is 8.42 Å². The molecule has 0 saturated heterocycles. The normalized spacial score (nSPS) is 12.4. The molecule has 0 aliphatic carbocycles. The number of aryl methyl sites for hydroxylation is 1. The molecule has 0 atom stereocenters. The molecule has 4 aromatic carbocycles. The van der Waals surface area contributed by atoms with Crippen LogP contribution in [0.1, 0.15) is 19.4 Å². The van der Waals surface area contributed by atoms with Crippen LogP contribution in [0, 0.1) is 23.6 Å². The molecule has 5 rings (SSSR count). The number of fused-ring (bicyclic) bond motifs is 1. The van der Waals surface area contributed by atoms with Gasteiger partial charge in [-0.1, -0.05) is 0 Å². The third kappa shape index (κ3) is 9.25. The lowest BCUT2D eigenvalue weighted by Crippen LogP contribution is -2.11. The number of sulfone groups is 1. The van der Waals surface area contributed by atoms with E-state index in [2.05, 4.69) is 40.7 Å². The number of anilines is 3. The van der Waals surface area contributed by atoms with E-state index >= 15 is 0 Å². The zero-order valence-electron chi connectivity index (χ0n) is 28.2. The summed E-state index contributed by atoms with van der Waals surface area (Å²) in [6.45, 7) is 4.75. The third-order valence-corrected chi connectivity index (χ3v) is 10.3. The molecule has 6 N–H and O–H groups in total. The Kier molecular flexibility index (Phi) is 11.3. The molecule has 0 aliphatic heterocycles. The van der Waals surface area contributed by atoms with Crippen LogP contribution in [-0.2, 0) is 30.1 Å². The van der Waals surface area contributed by atoms with Crippen molar-refractivity contribution in [1.29, 1.82) is 0 Å². The highest BCUT2D eigenvalue weighted by Gasteiger charge is 2.25. The fourth-order valence-electron chi connectivity index (χ4n) is 4.78. The average Bonchev–Trinajstić information content (AvgIpc) is 3.06. The molecule has 0 saturated carbocycles. The molecule has 0 spiro atoms. The largest absolute Gasteiger partial charge is 0.505 e.